The van der Waals surface area contributed by atoms with Crippen LogP contribution in [0.5, 0.6) is 0 Å². The Labute approximate surface area is 225 Å². The number of amides is 3. The summed E-state index contributed by atoms with van der Waals surface area (Å²) in [4.78, 5) is 56.9. The molecular weight excluding hydrogens is 508 g/mol. The van der Waals surface area contributed by atoms with Gasteiger partial charge < -0.3 is 48.3 Å². The number of para-hydroxylation sites is 1. The lowest BCUT2D eigenvalue weighted by molar-refractivity contribution is -0.142. The van der Waals surface area contributed by atoms with Crippen LogP contribution in [0.3, 0.4) is 0 Å². The summed E-state index contributed by atoms with van der Waals surface area (Å²) in [6, 6.07) is 2.82. The molecule has 0 saturated heterocycles. The van der Waals surface area contributed by atoms with Gasteiger partial charge >= 0.3 is 5.97 Å². The number of carbonyl (C=O) groups excluding carboxylic acids is 3. The zero-order valence-corrected chi connectivity index (χ0v) is 22.0. The molecule has 4 unspecified atom stereocenters. The van der Waals surface area contributed by atoms with E-state index in [9.17, 15) is 29.4 Å². The molecule has 2 aromatic rings. The second kappa shape index (κ2) is 14.7. The van der Waals surface area contributed by atoms with Crippen molar-refractivity contribution in [3.63, 3.8) is 0 Å². The summed E-state index contributed by atoms with van der Waals surface area (Å²) in [5, 5.41) is 27.4. The minimum Gasteiger partial charge on any atom is -0.480 e. The van der Waals surface area contributed by atoms with Gasteiger partial charge in [-0.2, -0.15) is 0 Å². The molecule has 14 heteroatoms. The minimum atomic E-state index is -1.45. The molecule has 2 rings (SSSR count). The number of hydrogen-bond acceptors (Lipinski definition) is 7. The van der Waals surface area contributed by atoms with E-state index in [0.29, 0.717) is 0 Å². The molecule has 0 bridgehead atoms. The van der Waals surface area contributed by atoms with Crippen LogP contribution in [0.1, 0.15) is 32.3 Å². The van der Waals surface area contributed by atoms with Crippen molar-refractivity contribution in [3.05, 3.63) is 36.0 Å². The van der Waals surface area contributed by atoms with Crippen LogP contribution in [0.15, 0.2) is 35.5 Å². The van der Waals surface area contributed by atoms with Crippen molar-refractivity contribution in [2.75, 3.05) is 13.2 Å². The van der Waals surface area contributed by atoms with E-state index in [2.05, 4.69) is 25.9 Å². The number of rotatable bonds is 15. The number of carboxylic acid groups (broad SMARTS) is 1. The first-order chi connectivity index (χ1) is 18.4. The number of nitrogens with zero attached hydrogens (tertiary/aromatic N) is 1. The van der Waals surface area contributed by atoms with Gasteiger partial charge in [-0.1, -0.05) is 32.0 Å². The molecule has 0 aliphatic carbocycles. The Morgan fingerprint density at radius 2 is 1.67 bits per heavy atom. The van der Waals surface area contributed by atoms with Crippen molar-refractivity contribution in [3.8, 4) is 0 Å². The lowest BCUT2D eigenvalue weighted by Gasteiger charge is -2.26. The molecule has 1 heterocycles. The number of nitrogens with one attached hydrogen (secondary N) is 4. The smallest absolute Gasteiger partial charge is 0.326 e. The Balaban J connectivity index is 1.99. The van der Waals surface area contributed by atoms with Crippen molar-refractivity contribution in [1.29, 1.82) is 0 Å². The fourth-order valence-electron chi connectivity index (χ4n) is 3.91. The number of aromatic amines is 1. The second-order valence-corrected chi connectivity index (χ2v) is 9.49. The van der Waals surface area contributed by atoms with Crippen LogP contribution in [0.2, 0.25) is 0 Å². The van der Waals surface area contributed by atoms with E-state index >= 15 is 0 Å². The standard InChI is InChI=1S/C25H38N8O6/c1-13(2)20(33-21(35)16(26)10-14-11-30-17-7-4-3-6-15(14)17)23(37)32-19(12-34)22(36)31-18(24(38)39)8-5-9-29-25(27)28/h3-4,6-7,11,13,16,18-20,30,34H,5,8-10,12,26H2,1-2H3,(H,31,36)(H,32,37)(H,33,35)(H,38,39)(H4,27,28,29). The summed E-state index contributed by atoms with van der Waals surface area (Å²) in [6.45, 7) is 2.76. The molecule has 4 atom stereocenters. The molecule has 0 spiro atoms. The van der Waals surface area contributed by atoms with Crippen molar-refractivity contribution in [1.82, 2.24) is 20.9 Å². The molecule has 14 nitrogen and oxygen atoms in total. The highest BCUT2D eigenvalue weighted by Gasteiger charge is 2.31. The fourth-order valence-corrected chi connectivity index (χ4v) is 3.91. The van der Waals surface area contributed by atoms with E-state index in [0.717, 1.165) is 16.5 Å². The first kappa shape index (κ1) is 31.1. The quantitative estimate of drug-likeness (QED) is 0.0698. The molecule has 1 aromatic heterocycles. The summed E-state index contributed by atoms with van der Waals surface area (Å²) >= 11 is 0. The first-order valence-electron chi connectivity index (χ1n) is 12.5. The number of aliphatic hydroxyl groups excluding tert-OH is 1. The van der Waals surface area contributed by atoms with Gasteiger partial charge in [0.25, 0.3) is 0 Å². The number of aliphatic imine (C=N–C) groups is 1. The molecule has 1 aromatic carbocycles. The molecule has 0 fully saturated rings. The topological polar surface area (TPSA) is 251 Å². The number of hydrogen-bond donors (Lipinski definition) is 9. The van der Waals surface area contributed by atoms with Gasteiger partial charge in [-0.05, 0) is 36.8 Å². The molecule has 0 aliphatic heterocycles. The maximum absolute atomic E-state index is 13.0. The third kappa shape index (κ3) is 9.26. The van der Waals surface area contributed by atoms with Crippen molar-refractivity contribution < 1.29 is 29.4 Å². The summed E-state index contributed by atoms with van der Waals surface area (Å²) in [5.74, 6) is -4.02. The zero-order valence-electron chi connectivity index (χ0n) is 22.0. The lowest BCUT2D eigenvalue weighted by Crippen LogP contribution is -2.59. The number of carboxylic acids is 1. The van der Waals surface area contributed by atoms with E-state index in [1.54, 1.807) is 20.0 Å². The van der Waals surface area contributed by atoms with Crippen LogP contribution >= 0.6 is 0 Å². The molecule has 12 N–H and O–H groups in total. The SMILES string of the molecule is CC(C)C(NC(=O)C(N)Cc1c[nH]c2ccccc12)C(=O)NC(CO)C(=O)NC(CCCN=C(N)N)C(=O)O. The van der Waals surface area contributed by atoms with Gasteiger partial charge in [0, 0.05) is 23.6 Å². The highest BCUT2D eigenvalue weighted by molar-refractivity contribution is 5.94. The predicted octanol–water partition coefficient (Wildman–Crippen LogP) is -1.72. The van der Waals surface area contributed by atoms with Crippen molar-refractivity contribution in [2.45, 2.75) is 57.3 Å². The van der Waals surface area contributed by atoms with Crippen LogP contribution in [-0.2, 0) is 25.6 Å². The Kier molecular flexibility index (Phi) is 11.7. The Bertz CT molecular complexity index is 1180. The van der Waals surface area contributed by atoms with Crippen LogP contribution in [-0.4, -0.2) is 82.2 Å². The van der Waals surface area contributed by atoms with Gasteiger partial charge in [-0.3, -0.25) is 19.4 Å². The molecule has 0 saturated carbocycles. The molecule has 214 valence electrons. The van der Waals surface area contributed by atoms with Gasteiger partial charge in [0.1, 0.15) is 18.1 Å². The van der Waals surface area contributed by atoms with Crippen molar-refractivity contribution in [2.24, 2.45) is 28.1 Å². The predicted molar refractivity (Wildman–Crippen MR) is 145 cm³/mol. The highest BCUT2D eigenvalue weighted by Crippen LogP contribution is 2.19. The van der Waals surface area contributed by atoms with Crippen LogP contribution < -0.4 is 33.2 Å². The Morgan fingerprint density at radius 3 is 2.28 bits per heavy atom. The number of aromatic nitrogens is 1. The summed E-state index contributed by atoms with van der Waals surface area (Å²) in [5.41, 5.74) is 18.4. The number of guanidine groups is 1. The Morgan fingerprint density at radius 1 is 1.00 bits per heavy atom. The third-order valence-electron chi connectivity index (χ3n) is 6.07. The maximum atomic E-state index is 13.0. The molecule has 39 heavy (non-hydrogen) atoms. The fraction of sp³-hybridized carbons (Fsp3) is 0.480. The number of benzene rings is 1. The number of nitrogens with two attached hydrogens (primary N) is 3. The van der Waals surface area contributed by atoms with Crippen LogP contribution in [0.4, 0.5) is 0 Å². The zero-order chi connectivity index (χ0) is 29.1. The van der Waals surface area contributed by atoms with E-state index in [1.807, 2.05) is 24.3 Å². The lowest BCUT2D eigenvalue weighted by atomic mass is 10.0. The van der Waals surface area contributed by atoms with Crippen LogP contribution in [0.25, 0.3) is 10.9 Å². The van der Waals surface area contributed by atoms with Gasteiger partial charge in [0.05, 0.1) is 12.6 Å². The average molecular weight is 547 g/mol. The summed E-state index contributed by atoms with van der Waals surface area (Å²) < 4.78 is 0. The monoisotopic (exact) mass is 546 g/mol. The highest BCUT2D eigenvalue weighted by atomic mass is 16.4. The number of aliphatic carboxylic acids is 1. The normalized spacial score (nSPS) is 14.2. The minimum absolute atomic E-state index is 0.0168. The van der Waals surface area contributed by atoms with Gasteiger partial charge in [-0.15, -0.1) is 0 Å². The van der Waals surface area contributed by atoms with Gasteiger partial charge in [0.2, 0.25) is 17.7 Å². The van der Waals surface area contributed by atoms with E-state index in [4.69, 9.17) is 17.2 Å². The van der Waals surface area contributed by atoms with E-state index in [1.165, 1.54) is 0 Å². The summed E-state index contributed by atoms with van der Waals surface area (Å²) in [6.07, 6.45) is 2.29. The van der Waals surface area contributed by atoms with E-state index < -0.39 is 54.5 Å². The largest absolute Gasteiger partial charge is 0.480 e. The number of aliphatic hydroxyl groups is 1. The molecule has 3 amide bonds. The van der Waals surface area contributed by atoms with Crippen molar-refractivity contribution >= 4 is 40.6 Å². The first-order valence-corrected chi connectivity index (χ1v) is 12.5. The van der Waals surface area contributed by atoms with Gasteiger partial charge in [0.15, 0.2) is 5.96 Å². The van der Waals surface area contributed by atoms with E-state index in [-0.39, 0.29) is 37.7 Å². The average Bonchev–Trinajstić information content (AvgIpc) is 3.29. The molecule has 0 aliphatic rings. The third-order valence-corrected chi connectivity index (χ3v) is 6.07. The number of carbonyl (C=O) groups is 4. The second-order valence-electron chi connectivity index (χ2n) is 9.49. The molecule has 0 radical (unpaired) electrons. The number of H-pyrrole nitrogens is 1. The Hall–Kier alpha value is -4.17. The number of fused-ring (bicyclic) bond motifs is 1. The molecular formula is C25H38N8O6. The maximum Gasteiger partial charge on any atom is 0.326 e. The van der Waals surface area contributed by atoms with Crippen LogP contribution in [0, 0.1) is 5.92 Å². The van der Waals surface area contributed by atoms with Gasteiger partial charge in [-0.25, -0.2) is 4.79 Å². The summed E-state index contributed by atoms with van der Waals surface area (Å²) in [7, 11) is 0.